The molecule has 4 aromatic rings. The number of halogens is 1. The largest absolute Gasteiger partial charge is 0.472 e. The third kappa shape index (κ3) is 2.31. The number of imide groups is 1. The maximum absolute atomic E-state index is 13.2. The minimum absolute atomic E-state index is 0.357. The molecule has 0 atom stereocenters. The van der Waals surface area contributed by atoms with Crippen molar-refractivity contribution < 1.29 is 14.0 Å². The van der Waals surface area contributed by atoms with Crippen LogP contribution in [0.25, 0.3) is 21.9 Å². The van der Waals surface area contributed by atoms with Crippen LogP contribution in [-0.2, 0) is 0 Å². The maximum atomic E-state index is 13.2. The molecule has 27 heavy (non-hydrogen) atoms. The van der Waals surface area contributed by atoms with Crippen molar-refractivity contribution in [2.75, 3.05) is 4.90 Å². The van der Waals surface area contributed by atoms with Gasteiger partial charge in [-0.15, -0.1) is 0 Å². The number of hydrogen-bond donors (Lipinski definition) is 0. The first kappa shape index (κ1) is 15.9. The molecule has 0 unspecified atom stereocenters. The van der Waals surface area contributed by atoms with Crippen molar-refractivity contribution in [2.45, 2.75) is 0 Å². The molecule has 0 saturated heterocycles. The van der Waals surface area contributed by atoms with E-state index in [4.69, 9.17) is 16.0 Å². The first-order chi connectivity index (χ1) is 13.1. The summed E-state index contributed by atoms with van der Waals surface area (Å²) in [4.78, 5) is 27.5. The first-order valence-electron chi connectivity index (χ1n) is 8.38. The minimum Gasteiger partial charge on any atom is -0.472 e. The highest BCUT2D eigenvalue weighted by atomic mass is 35.5. The van der Waals surface area contributed by atoms with Gasteiger partial charge in [-0.1, -0.05) is 35.9 Å². The summed E-state index contributed by atoms with van der Waals surface area (Å²) in [5.74, 6) is -0.713. The molecule has 0 spiro atoms. The fraction of sp³-hybridized carbons (Fsp3) is 0. The van der Waals surface area contributed by atoms with Gasteiger partial charge in [-0.05, 0) is 47.3 Å². The van der Waals surface area contributed by atoms with Gasteiger partial charge < -0.3 is 4.42 Å². The van der Waals surface area contributed by atoms with Gasteiger partial charge in [0.15, 0.2) is 0 Å². The topological polar surface area (TPSA) is 50.5 Å². The lowest BCUT2D eigenvalue weighted by atomic mass is 9.89. The molecule has 5 heteroatoms. The van der Waals surface area contributed by atoms with Crippen LogP contribution < -0.4 is 4.90 Å². The molecular weight excluding hydrogens is 362 g/mol. The summed E-state index contributed by atoms with van der Waals surface area (Å²) in [6.07, 6.45) is 3.25. The van der Waals surface area contributed by atoms with E-state index in [0.717, 1.165) is 16.5 Å². The van der Waals surface area contributed by atoms with E-state index in [2.05, 4.69) is 0 Å². The van der Waals surface area contributed by atoms with Gasteiger partial charge in [0.25, 0.3) is 11.8 Å². The molecule has 0 radical (unpaired) electrons. The minimum atomic E-state index is -0.357. The van der Waals surface area contributed by atoms with Crippen LogP contribution in [0.2, 0.25) is 5.02 Å². The van der Waals surface area contributed by atoms with E-state index in [1.165, 1.54) is 4.90 Å². The molecular formula is C22H12ClNO3. The molecule has 3 aromatic carbocycles. The predicted molar refractivity (Wildman–Crippen MR) is 104 cm³/mol. The van der Waals surface area contributed by atoms with E-state index in [9.17, 15) is 9.59 Å². The van der Waals surface area contributed by atoms with Crippen molar-refractivity contribution in [2.24, 2.45) is 0 Å². The number of carbonyl (C=O) groups excluding carboxylic acids is 2. The summed E-state index contributed by atoms with van der Waals surface area (Å²) < 4.78 is 5.19. The molecule has 1 aliphatic rings. The summed E-state index contributed by atoms with van der Waals surface area (Å²) in [7, 11) is 0. The molecule has 0 aliphatic carbocycles. The number of carbonyl (C=O) groups is 2. The number of anilines is 1. The second-order valence-electron chi connectivity index (χ2n) is 6.33. The summed E-state index contributed by atoms with van der Waals surface area (Å²) >= 11 is 6.06. The third-order valence-electron chi connectivity index (χ3n) is 4.81. The Bertz CT molecular complexity index is 1210. The van der Waals surface area contributed by atoms with E-state index in [1.807, 2.05) is 24.3 Å². The Hall–Kier alpha value is -3.37. The molecule has 2 heterocycles. The molecule has 2 amide bonds. The van der Waals surface area contributed by atoms with Gasteiger partial charge >= 0.3 is 0 Å². The van der Waals surface area contributed by atoms with Crippen molar-refractivity contribution in [1.82, 2.24) is 0 Å². The smallest absolute Gasteiger partial charge is 0.265 e. The van der Waals surface area contributed by atoms with E-state index in [1.54, 1.807) is 48.9 Å². The van der Waals surface area contributed by atoms with Gasteiger partial charge in [0.1, 0.15) is 0 Å². The number of nitrogens with zero attached hydrogens (tertiary/aromatic N) is 1. The van der Waals surface area contributed by atoms with Crippen molar-refractivity contribution in [3.05, 3.63) is 89.3 Å². The Balaban J connectivity index is 1.77. The molecule has 0 N–H and O–H groups in total. The van der Waals surface area contributed by atoms with E-state index in [0.29, 0.717) is 27.2 Å². The average molecular weight is 374 g/mol. The Morgan fingerprint density at radius 3 is 2.30 bits per heavy atom. The number of furan rings is 1. The lowest BCUT2D eigenvalue weighted by Gasteiger charge is -2.27. The highest BCUT2D eigenvalue weighted by Crippen LogP contribution is 2.38. The molecule has 5 rings (SSSR count). The third-order valence-corrected chi connectivity index (χ3v) is 5.04. The lowest BCUT2D eigenvalue weighted by molar-refractivity contribution is 0.0893. The van der Waals surface area contributed by atoms with Gasteiger partial charge in [-0.25, -0.2) is 4.90 Å². The molecule has 1 aliphatic heterocycles. The molecule has 0 bridgehead atoms. The van der Waals surface area contributed by atoms with Crippen molar-refractivity contribution >= 4 is 39.9 Å². The van der Waals surface area contributed by atoms with Crippen LogP contribution in [0.1, 0.15) is 20.7 Å². The normalized spacial score (nSPS) is 13.4. The fourth-order valence-corrected chi connectivity index (χ4v) is 3.80. The molecule has 130 valence electrons. The Kier molecular flexibility index (Phi) is 3.42. The van der Waals surface area contributed by atoms with E-state index >= 15 is 0 Å². The van der Waals surface area contributed by atoms with Crippen LogP contribution >= 0.6 is 11.6 Å². The Labute approximate surface area is 159 Å². The van der Waals surface area contributed by atoms with Crippen LogP contribution in [0.3, 0.4) is 0 Å². The zero-order valence-electron chi connectivity index (χ0n) is 14.0. The van der Waals surface area contributed by atoms with Gasteiger partial charge in [0, 0.05) is 27.1 Å². The van der Waals surface area contributed by atoms with E-state index in [-0.39, 0.29) is 11.8 Å². The van der Waals surface area contributed by atoms with Crippen LogP contribution in [0.15, 0.2) is 77.6 Å². The zero-order chi connectivity index (χ0) is 18.5. The Morgan fingerprint density at radius 1 is 0.815 bits per heavy atom. The Morgan fingerprint density at radius 2 is 1.56 bits per heavy atom. The van der Waals surface area contributed by atoms with E-state index < -0.39 is 0 Å². The molecule has 0 fully saturated rings. The monoisotopic (exact) mass is 373 g/mol. The van der Waals surface area contributed by atoms with Crippen LogP contribution in [0, 0.1) is 0 Å². The zero-order valence-corrected chi connectivity index (χ0v) is 14.7. The second-order valence-corrected chi connectivity index (χ2v) is 6.76. The lowest BCUT2D eigenvalue weighted by Crippen LogP contribution is -2.40. The quantitative estimate of drug-likeness (QED) is 0.432. The fourth-order valence-electron chi connectivity index (χ4n) is 3.62. The second kappa shape index (κ2) is 5.83. The first-order valence-corrected chi connectivity index (χ1v) is 8.75. The summed E-state index contributed by atoms with van der Waals surface area (Å²) in [6, 6.07) is 17.7. The van der Waals surface area contributed by atoms with Gasteiger partial charge in [-0.3, -0.25) is 9.59 Å². The standard InChI is InChI=1S/C22H12ClNO3/c23-14-3-1-4-15(11-14)24-21(25)18-6-2-5-17-16(13-9-10-27-12-13)7-8-19(20(17)18)22(24)26/h1-12H. The highest BCUT2D eigenvalue weighted by molar-refractivity contribution is 6.37. The number of rotatable bonds is 2. The van der Waals surface area contributed by atoms with Gasteiger partial charge in [0.05, 0.1) is 18.2 Å². The summed E-state index contributed by atoms with van der Waals surface area (Å²) in [5.41, 5.74) is 3.26. The van der Waals surface area contributed by atoms with Crippen LogP contribution in [-0.4, -0.2) is 11.8 Å². The average Bonchev–Trinajstić information content (AvgIpc) is 3.20. The van der Waals surface area contributed by atoms with Crippen LogP contribution in [0.5, 0.6) is 0 Å². The predicted octanol–water partition coefficient (Wildman–Crippen LogP) is 5.55. The number of amides is 2. The number of hydrogen-bond acceptors (Lipinski definition) is 3. The highest BCUT2D eigenvalue weighted by Gasteiger charge is 2.34. The summed E-state index contributed by atoms with van der Waals surface area (Å²) in [6.45, 7) is 0. The van der Waals surface area contributed by atoms with Crippen LogP contribution in [0.4, 0.5) is 5.69 Å². The molecule has 4 nitrogen and oxygen atoms in total. The van der Waals surface area contributed by atoms with Crippen molar-refractivity contribution in [1.29, 1.82) is 0 Å². The van der Waals surface area contributed by atoms with Gasteiger partial charge in [0.2, 0.25) is 0 Å². The summed E-state index contributed by atoms with van der Waals surface area (Å²) in [5, 5.41) is 1.98. The molecule has 1 aromatic heterocycles. The van der Waals surface area contributed by atoms with Crippen molar-refractivity contribution in [3.8, 4) is 11.1 Å². The maximum Gasteiger partial charge on any atom is 0.265 e. The van der Waals surface area contributed by atoms with Gasteiger partial charge in [-0.2, -0.15) is 0 Å². The number of benzene rings is 3. The SMILES string of the molecule is O=C1c2cccc3c(-c4ccoc4)ccc(c23)C(=O)N1c1cccc(Cl)c1. The van der Waals surface area contributed by atoms with Crippen molar-refractivity contribution in [3.63, 3.8) is 0 Å². The molecule has 0 saturated carbocycles.